The van der Waals surface area contributed by atoms with Crippen LogP contribution in [0.25, 0.3) is 0 Å². The minimum Gasteiger partial charge on any atom is -0.375 e. The van der Waals surface area contributed by atoms with Crippen LogP contribution >= 0.6 is 11.3 Å². The van der Waals surface area contributed by atoms with Crippen molar-refractivity contribution in [1.82, 2.24) is 15.2 Å². The van der Waals surface area contributed by atoms with Crippen LogP contribution in [0.4, 0.5) is 5.13 Å². The third-order valence-electron chi connectivity index (χ3n) is 4.38. The Morgan fingerprint density at radius 1 is 1.35 bits per heavy atom. The number of nitrogens with zero attached hydrogens (tertiary/aromatic N) is 2. The molecule has 0 aromatic carbocycles. The molecule has 2 fully saturated rings. The summed E-state index contributed by atoms with van der Waals surface area (Å²) in [5.74, 6) is -0.0868. The molecule has 2 heterocycles. The van der Waals surface area contributed by atoms with E-state index in [0.29, 0.717) is 10.8 Å². The molecule has 110 valence electrons. The van der Waals surface area contributed by atoms with Crippen LogP contribution in [0.5, 0.6) is 0 Å². The van der Waals surface area contributed by atoms with Gasteiger partial charge in [-0.3, -0.25) is 9.69 Å². The summed E-state index contributed by atoms with van der Waals surface area (Å²) in [5.41, 5.74) is 6.02. The molecule has 2 aliphatic rings. The molecule has 1 atom stereocenters. The van der Waals surface area contributed by atoms with E-state index in [1.165, 1.54) is 50.0 Å². The third-order valence-corrected chi connectivity index (χ3v) is 5.06. The van der Waals surface area contributed by atoms with Crippen LogP contribution < -0.4 is 11.1 Å². The number of anilines is 1. The molecule has 1 aliphatic heterocycles. The minimum atomic E-state index is -0.0868. The molecule has 5 nitrogen and oxygen atoms in total. The lowest BCUT2D eigenvalue weighted by molar-refractivity contribution is 0.0871. The molecule has 3 rings (SSSR count). The van der Waals surface area contributed by atoms with Gasteiger partial charge in [-0.15, -0.1) is 11.3 Å². The van der Waals surface area contributed by atoms with Gasteiger partial charge >= 0.3 is 0 Å². The van der Waals surface area contributed by atoms with Crippen molar-refractivity contribution in [1.29, 1.82) is 0 Å². The molecule has 1 aromatic rings. The number of piperidine rings is 1. The molecule has 6 heteroatoms. The number of thiazole rings is 1. The highest BCUT2D eigenvalue weighted by molar-refractivity contribution is 7.13. The van der Waals surface area contributed by atoms with Crippen LogP contribution in [0.1, 0.15) is 49.0 Å². The van der Waals surface area contributed by atoms with Crippen molar-refractivity contribution in [2.75, 3.05) is 18.8 Å². The van der Waals surface area contributed by atoms with Gasteiger partial charge in [0.25, 0.3) is 5.91 Å². The maximum atomic E-state index is 12.1. The Morgan fingerprint density at radius 3 is 2.85 bits per heavy atom. The zero-order chi connectivity index (χ0) is 13.9. The van der Waals surface area contributed by atoms with Gasteiger partial charge < -0.3 is 11.1 Å². The fraction of sp³-hybridized carbons (Fsp3) is 0.714. The fourth-order valence-corrected chi connectivity index (χ4v) is 3.92. The smallest absolute Gasteiger partial charge is 0.271 e. The van der Waals surface area contributed by atoms with Crippen molar-refractivity contribution < 1.29 is 4.79 Å². The molecule has 20 heavy (non-hydrogen) atoms. The quantitative estimate of drug-likeness (QED) is 0.892. The van der Waals surface area contributed by atoms with Crippen molar-refractivity contribution in [2.24, 2.45) is 0 Å². The van der Waals surface area contributed by atoms with Gasteiger partial charge in [0.1, 0.15) is 5.69 Å². The fourth-order valence-electron chi connectivity index (χ4n) is 3.38. The Balaban J connectivity index is 1.55. The lowest BCUT2D eigenvalue weighted by atomic mass is 10.0. The third kappa shape index (κ3) is 3.12. The first-order valence-corrected chi connectivity index (χ1v) is 8.36. The van der Waals surface area contributed by atoms with Crippen LogP contribution in [0.15, 0.2) is 5.38 Å². The topological polar surface area (TPSA) is 71.2 Å². The Bertz CT molecular complexity index is 469. The average molecular weight is 294 g/mol. The highest BCUT2D eigenvalue weighted by Crippen LogP contribution is 2.26. The van der Waals surface area contributed by atoms with Gasteiger partial charge in [-0.1, -0.05) is 12.8 Å². The van der Waals surface area contributed by atoms with Crippen LogP contribution in [-0.2, 0) is 0 Å². The summed E-state index contributed by atoms with van der Waals surface area (Å²) in [7, 11) is 0. The number of amides is 1. The van der Waals surface area contributed by atoms with E-state index in [1.807, 2.05) is 0 Å². The van der Waals surface area contributed by atoms with E-state index >= 15 is 0 Å². The lowest BCUT2D eigenvalue weighted by Gasteiger charge is -2.37. The summed E-state index contributed by atoms with van der Waals surface area (Å²) in [6.07, 6.45) is 7.59. The summed E-state index contributed by atoms with van der Waals surface area (Å²) < 4.78 is 0. The maximum Gasteiger partial charge on any atom is 0.271 e. The average Bonchev–Trinajstić information content (AvgIpc) is 3.10. The minimum absolute atomic E-state index is 0.0868. The number of nitrogens with two attached hydrogens (primary N) is 1. The second-order valence-electron chi connectivity index (χ2n) is 5.82. The Labute approximate surface area is 123 Å². The van der Waals surface area contributed by atoms with Crippen molar-refractivity contribution in [3.8, 4) is 0 Å². The number of hydrogen-bond donors (Lipinski definition) is 2. The first-order valence-electron chi connectivity index (χ1n) is 7.48. The number of hydrogen-bond acceptors (Lipinski definition) is 5. The summed E-state index contributed by atoms with van der Waals surface area (Å²) >= 11 is 1.31. The molecular formula is C14H22N4OS. The van der Waals surface area contributed by atoms with Crippen molar-refractivity contribution >= 4 is 22.4 Å². The van der Waals surface area contributed by atoms with E-state index in [4.69, 9.17) is 5.73 Å². The molecule has 1 aliphatic carbocycles. The number of aromatic nitrogens is 1. The Hall–Kier alpha value is -1.14. The summed E-state index contributed by atoms with van der Waals surface area (Å²) in [6, 6.07) is 0.990. The lowest BCUT2D eigenvalue weighted by Crippen LogP contribution is -2.50. The molecule has 3 N–H and O–H groups in total. The Kier molecular flexibility index (Phi) is 4.21. The monoisotopic (exact) mass is 294 g/mol. The molecule has 1 saturated carbocycles. The van der Waals surface area contributed by atoms with Crippen LogP contribution in [0, 0.1) is 0 Å². The summed E-state index contributed by atoms with van der Waals surface area (Å²) in [6.45, 7) is 2.16. The van der Waals surface area contributed by atoms with Gasteiger partial charge in [0.05, 0.1) is 0 Å². The van der Waals surface area contributed by atoms with E-state index in [0.717, 1.165) is 19.0 Å². The number of nitrogens with one attached hydrogen (secondary N) is 1. The first kappa shape index (κ1) is 13.8. The van der Waals surface area contributed by atoms with Gasteiger partial charge in [0, 0.05) is 24.0 Å². The number of carbonyl (C=O) groups excluding carboxylic acids is 1. The number of carbonyl (C=O) groups is 1. The van der Waals surface area contributed by atoms with Crippen LogP contribution in [0.3, 0.4) is 0 Å². The highest BCUT2D eigenvalue weighted by atomic mass is 32.1. The molecule has 1 unspecified atom stereocenters. The molecule has 0 bridgehead atoms. The van der Waals surface area contributed by atoms with Crippen molar-refractivity contribution in [3.63, 3.8) is 0 Å². The second kappa shape index (κ2) is 6.10. The van der Waals surface area contributed by atoms with Crippen molar-refractivity contribution in [2.45, 2.75) is 50.6 Å². The predicted molar refractivity (Wildman–Crippen MR) is 80.8 cm³/mol. The van der Waals surface area contributed by atoms with Crippen LogP contribution in [-0.4, -0.2) is 41.0 Å². The molecule has 1 saturated heterocycles. The van der Waals surface area contributed by atoms with E-state index in [9.17, 15) is 4.79 Å². The van der Waals surface area contributed by atoms with E-state index in [-0.39, 0.29) is 11.9 Å². The summed E-state index contributed by atoms with van der Waals surface area (Å²) in [5, 5.41) is 5.28. The van der Waals surface area contributed by atoms with Gasteiger partial charge in [0.2, 0.25) is 0 Å². The predicted octanol–water partition coefficient (Wildman–Crippen LogP) is 1.86. The van der Waals surface area contributed by atoms with E-state index in [1.54, 1.807) is 5.38 Å². The van der Waals surface area contributed by atoms with Gasteiger partial charge in [0.15, 0.2) is 5.13 Å². The molecule has 0 spiro atoms. The Morgan fingerprint density at radius 2 is 2.15 bits per heavy atom. The van der Waals surface area contributed by atoms with Crippen LogP contribution in [0.2, 0.25) is 0 Å². The molecular weight excluding hydrogens is 272 g/mol. The number of likely N-dealkylation sites (tertiary alicyclic amines) is 1. The van der Waals surface area contributed by atoms with E-state index < -0.39 is 0 Å². The standard InChI is InChI=1S/C14H22N4OS/c15-14-17-12(9-20-14)13(19)16-10-4-3-7-18(8-10)11-5-1-2-6-11/h9-11H,1-8H2,(H2,15,17)(H,16,19). The number of nitrogen functional groups attached to an aromatic ring is 1. The summed E-state index contributed by atoms with van der Waals surface area (Å²) in [4.78, 5) is 18.7. The molecule has 1 amide bonds. The molecule has 0 radical (unpaired) electrons. The van der Waals surface area contributed by atoms with E-state index in [2.05, 4.69) is 15.2 Å². The molecule has 1 aromatic heterocycles. The second-order valence-corrected chi connectivity index (χ2v) is 6.71. The largest absolute Gasteiger partial charge is 0.375 e. The first-order chi connectivity index (χ1) is 9.72. The van der Waals surface area contributed by atoms with Gasteiger partial charge in [-0.2, -0.15) is 0 Å². The zero-order valence-electron chi connectivity index (χ0n) is 11.7. The highest BCUT2D eigenvalue weighted by Gasteiger charge is 2.28. The zero-order valence-corrected chi connectivity index (χ0v) is 12.5. The van der Waals surface area contributed by atoms with Gasteiger partial charge in [-0.25, -0.2) is 4.98 Å². The maximum absolute atomic E-state index is 12.1. The van der Waals surface area contributed by atoms with Gasteiger partial charge in [-0.05, 0) is 32.2 Å². The van der Waals surface area contributed by atoms with Crippen molar-refractivity contribution in [3.05, 3.63) is 11.1 Å². The normalized spacial score (nSPS) is 24.9. The SMILES string of the molecule is Nc1nc(C(=O)NC2CCCN(C3CCCC3)C2)cs1. The number of rotatable bonds is 3.